The van der Waals surface area contributed by atoms with Crippen molar-refractivity contribution in [1.82, 2.24) is 0 Å². The molecule has 2 rings (SSSR count). The Balaban J connectivity index is 2.68. The van der Waals surface area contributed by atoms with Crippen molar-refractivity contribution in [2.24, 2.45) is 0 Å². The quantitative estimate of drug-likeness (QED) is 0.469. The summed E-state index contributed by atoms with van der Waals surface area (Å²) in [7, 11) is 0. The van der Waals surface area contributed by atoms with Gasteiger partial charge in [-0.1, -0.05) is 18.2 Å². The van der Waals surface area contributed by atoms with Crippen molar-refractivity contribution in [3.8, 4) is 11.1 Å². The fourth-order valence-corrected chi connectivity index (χ4v) is 1.79. The van der Waals surface area contributed by atoms with E-state index in [4.69, 9.17) is 8.48 Å². The van der Waals surface area contributed by atoms with Crippen molar-refractivity contribution in [2.45, 2.75) is 12.5 Å². The molecule has 118 valence electrons. The van der Waals surface area contributed by atoms with Crippen LogP contribution >= 0.6 is 0 Å². The molecule has 3 N–H and O–H groups in total. The Morgan fingerprint density at radius 1 is 0.955 bits per heavy atom. The highest BCUT2D eigenvalue weighted by atomic mass is 19.4. The number of hydrogen-bond donors (Lipinski definition) is 2. The summed E-state index contributed by atoms with van der Waals surface area (Å²) >= 11 is 0. The van der Waals surface area contributed by atoms with Crippen molar-refractivity contribution >= 4 is 11.4 Å². The average molecular weight is 322 g/mol. The SMILES string of the molecule is [2H]c1cc(-c2ccc(NC(F)(F)F)c([2H])c2C(F)(F)F)ccc1N. The number of nitrogens with two attached hydrogens (primary N) is 1. The molecule has 22 heavy (non-hydrogen) atoms. The first-order valence-corrected chi connectivity index (χ1v) is 5.82. The van der Waals surface area contributed by atoms with Crippen LogP contribution in [0.5, 0.6) is 0 Å². The van der Waals surface area contributed by atoms with Gasteiger partial charge in [0.2, 0.25) is 0 Å². The summed E-state index contributed by atoms with van der Waals surface area (Å²) < 4.78 is 92.0. The standard InChI is InChI=1S/C14H10F6N2/c15-13(16,17)12-7-10(22-14(18,19)20)5-6-11(12)8-1-3-9(21)4-2-8/h1-7,22H,21H2/i3D,7D. The minimum Gasteiger partial charge on any atom is -0.399 e. The Hall–Kier alpha value is -2.38. The van der Waals surface area contributed by atoms with E-state index in [9.17, 15) is 26.3 Å². The summed E-state index contributed by atoms with van der Waals surface area (Å²) in [5, 5.41) is 0.917. The lowest BCUT2D eigenvalue weighted by atomic mass is 9.98. The molecule has 0 amide bonds. The zero-order valence-corrected chi connectivity index (χ0v) is 10.7. The predicted molar refractivity (Wildman–Crippen MR) is 71.0 cm³/mol. The highest BCUT2D eigenvalue weighted by Crippen LogP contribution is 2.39. The Kier molecular flexibility index (Phi) is 3.28. The number of nitrogens with one attached hydrogen (secondary N) is 1. The van der Waals surface area contributed by atoms with E-state index < -0.39 is 35.3 Å². The second-order valence-electron chi connectivity index (χ2n) is 4.31. The minimum absolute atomic E-state index is 0.0359. The van der Waals surface area contributed by atoms with Crippen LogP contribution in [-0.2, 0) is 6.18 Å². The minimum atomic E-state index is -5.06. The molecule has 0 heterocycles. The van der Waals surface area contributed by atoms with Gasteiger partial charge in [0.15, 0.2) is 0 Å². The first-order chi connectivity index (χ1) is 10.9. The van der Waals surface area contributed by atoms with Crippen LogP contribution in [0.1, 0.15) is 8.30 Å². The third-order valence-electron chi connectivity index (χ3n) is 2.65. The molecule has 0 saturated carbocycles. The number of hydrogen-bond acceptors (Lipinski definition) is 2. The van der Waals surface area contributed by atoms with Crippen LogP contribution in [0.25, 0.3) is 11.1 Å². The zero-order chi connectivity index (χ0) is 18.3. The molecule has 2 aromatic carbocycles. The number of anilines is 2. The third-order valence-corrected chi connectivity index (χ3v) is 2.65. The van der Waals surface area contributed by atoms with Crippen molar-refractivity contribution in [3.63, 3.8) is 0 Å². The molecular formula is C14H10F6N2. The van der Waals surface area contributed by atoms with E-state index in [2.05, 4.69) is 0 Å². The van der Waals surface area contributed by atoms with Gasteiger partial charge in [-0.25, -0.2) is 0 Å². The van der Waals surface area contributed by atoms with E-state index in [1.165, 1.54) is 12.1 Å². The Morgan fingerprint density at radius 2 is 1.64 bits per heavy atom. The van der Waals surface area contributed by atoms with Crippen LogP contribution in [0.2, 0.25) is 0 Å². The molecular weight excluding hydrogens is 310 g/mol. The lowest BCUT2D eigenvalue weighted by Crippen LogP contribution is -2.21. The maximum absolute atomic E-state index is 13.3. The van der Waals surface area contributed by atoms with Crippen LogP contribution in [0.4, 0.5) is 37.7 Å². The summed E-state index contributed by atoms with van der Waals surface area (Å²) in [6, 6.07) is 3.46. The molecule has 0 unspecified atom stereocenters. The summed E-state index contributed by atoms with van der Waals surface area (Å²) in [4.78, 5) is 0. The second kappa shape index (κ2) is 5.43. The van der Waals surface area contributed by atoms with Crippen LogP contribution in [0.3, 0.4) is 0 Å². The number of rotatable bonds is 2. The Bertz CT molecular complexity index is 771. The molecule has 0 saturated heterocycles. The molecule has 0 aromatic heterocycles. The van der Waals surface area contributed by atoms with Gasteiger partial charge < -0.3 is 5.73 Å². The first-order valence-electron chi connectivity index (χ1n) is 6.82. The van der Waals surface area contributed by atoms with Crippen molar-refractivity contribution in [2.75, 3.05) is 11.1 Å². The van der Waals surface area contributed by atoms with Gasteiger partial charge in [0.05, 0.1) is 8.30 Å². The first kappa shape index (κ1) is 13.3. The van der Waals surface area contributed by atoms with Gasteiger partial charge in [-0.05, 0) is 35.3 Å². The molecule has 0 aliphatic carbocycles. The topological polar surface area (TPSA) is 38.0 Å². The van der Waals surface area contributed by atoms with Crippen molar-refractivity contribution in [3.05, 3.63) is 48.0 Å². The van der Waals surface area contributed by atoms with E-state index in [-0.39, 0.29) is 17.3 Å². The number of alkyl halides is 6. The van der Waals surface area contributed by atoms with E-state index in [1.807, 2.05) is 0 Å². The highest BCUT2D eigenvalue weighted by molar-refractivity contribution is 5.72. The summed E-state index contributed by atoms with van der Waals surface area (Å²) in [5.74, 6) is 0. The molecule has 2 nitrogen and oxygen atoms in total. The van der Waals surface area contributed by atoms with Gasteiger partial charge in [0.1, 0.15) is 0 Å². The van der Waals surface area contributed by atoms with Crippen LogP contribution in [-0.4, -0.2) is 6.30 Å². The van der Waals surface area contributed by atoms with E-state index in [0.29, 0.717) is 0 Å². The van der Waals surface area contributed by atoms with Gasteiger partial charge >= 0.3 is 12.5 Å². The lowest BCUT2D eigenvalue weighted by Gasteiger charge is -2.16. The Labute approximate surface area is 124 Å². The van der Waals surface area contributed by atoms with Crippen LogP contribution < -0.4 is 11.1 Å². The summed E-state index contributed by atoms with van der Waals surface area (Å²) in [5.41, 5.74) is 2.35. The molecule has 0 bridgehead atoms. The largest absolute Gasteiger partial charge is 0.482 e. The fraction of sp³-hybridized carbons (Fsp3) is 0.143. The summed E-state index contributed by atoms with van der Waals surface area (Å²) in [6.07, 6.45) is -10.0. The lowest BCUT2D eigenvalue weighted by molar-refractivity contribution is -0.137. The maximum atomic E-state index is 13.3. The van der Waals surface area contributed by atoms with Crippen molar-refractivity contribution < 1.29 is 29.1 Å². The molecule has 8 heteroatoms. The number of halogens is 6. The smallest absolute Gasteiger partial charge is 0.399 e. The van der Waals surface area contributed by atoms with Gasteiger partial charge in [0, 0.05) is 11.4 Å². The molecule has 0 radical (unpaired) electrons. The molecule has 0 spiro atoms. The van der Waals surface area contributed by atoms with E-state index in [1.54, 1.807) is 0 Å². The third kappa shape index (κ3) is 3.84. The predicted octanol–water partition coefficient (Wildman–Crippen LogP) is 4.89. The molecule has 2 aromatic rings. The maximum Gasteiger partial charge on any atom is 0.482 e. The van der Waals surface area contributed by atoms with Crippen LogP contribution in [0.15, 0.2) is 42.4 Å². The molecule has 0 aliphatic heterocycles. The van der Waals surface area contributed by atoms with E-state index in [0.717, 1.165) is 23.5 Å². The number of nitrogen functional groups attached to an aromatic ring is 1. The molecule has 0 fully saturated rings. The number of benzene rings is 2. The average Bonchev–Trinajstić information content (AvgIpc) is 2.41. The molecule has 0 atom stereocenters. The van der Waals surface area contributed by atoms with Gasteiger partial charge in [0.25, 0.3) is 0 Å². The highest BCUT2D eigenvalue weighted by Gasteiger charge is 2.35. The summed E-state index contributed by atoms with van der Waals surface area (Å²) in [6.45, 7) is 0. The van der Waals surface area contributed by atoms with E-state index >= 15 is 0 Å². The van der Waals surface area contributed by atoms with Crippen LogP contribution in [0, 0.1) is 0 Å². The van der Waals surface area contributed by atoms with Gasteiger partial charge in [-0.3, -0.25) is 5.32 Å². The monoisotopic (exact) mass is 322 g/mol. The Morgan fingerprint density at radius 3 is 2.18 bits per heavy atom. The second-order valence-corrected chi connectivity index (χ2v) is 4.31. The van der Waals surface area contributed by atoms with Gasteiger partial charge in [-0.2, -0.15) is 26.3 Å². The zero-order valence-electron chi connectivity index (χ0n) is 12.7. The molecule has 0 aliphatic rings. The fourth-order valence-electron chi connectivity index (χ4n) is 1.79. The van der Waals surface area contributed by atoms with Gasteiger partial charge in [-0.15, -0.1) is 0 Å². The normalized spacial score (nSPS) is 13.5. The van der Waals surface area contributed by atoms with Crippen molar-refractivity contribution in [1.29, 1.82) is 0 Å².